The summed E-state index contributed by atoms with van der Waals surface area (Å²) in [5, 5.41) is 8.95. The maximum absolute atomic E-state index is 14.3. The summed E-state index contributed by atoms with van der Waals surface area (Å²) in [5.41, 5.74) is 1.30. The summed E-state index contributed by atoms with van der Waals surface area (Å²) in [6.07, 6.45) is 7.47. The first kappa shape index (κ1) is 23.8. The summed E-state index contributed by atoms with van der Waals surface area (Å²) < 4.78 is 33.7. The zero-order valence-electron chi connectivity index (χ0n) is 20.0. The molecule has 1 heterocycles. The van der Waals surface area contributed by atoms with E-state index in [0.29, 0.717) is 23.1 Å². The molecule has 6 heteroatoms. The molecule has 4 nitrogen and oxygen atoms in total. The number of likely N-dealkylation sites (tertiary alicyclic amines) is 1. The van der Waals surface area contributed by atoms with E-state index in [1.165, 1.54) is 12.1 Å². The lowest BCUT2D eigenvalue weighted by Crippen LogP contribution is -2.68. The van der Waals surface area contributed by atoms with Gasteiger partial charge in [0.25, 0.3) is 0 Å². The third kappa shape index (κ3) is 4.78. The fraction of sp³-hybridized carbons (Fsp3) is 0.517. The molecule has 0 radical (unpaired) electrons. The van der Waals surface area contributed by atoms with Crippen molar-refractivity contribution in [2.45, 2.75) is 70.0 Å². The summed E-state index contributed by atoms with van der Waals surface area (Å²) in [5.74, 6) is 0.470. The van der Waals surface area contributed by atoms with Crippen LogP contribution in [0.2, 0.25) is 0 Å². The van der Waals surface area contributed by atoms with E-state index in [9.17, 15) is 13.6 Å². The zero-order chi connectivity index (χ0) is 24.5. The molecule has 4 fully saturated rings. The number of carbonyl (C=O) groups excluding carboxylic acids is 1. The number of rotatable bonds is 10. The van der Waals surface area contributed by atoms with Gasteiger partial charge >= 0.3 is 0 Å². The van der Waals surface area contributed by atoms with Gasteiger partial charge in [0.05, 0.1) is 36.2 Å². The maximum Gasteiger partial charge on any atom is 0.229 e. The van der Waals surface area contributed by atoms with Crippen LogP contribution in [0, 0.1) is 28.0 Å². The smallest absolute Gasteiger partial charge is 0.229 e. The molecule has 2 bridgehead atoms. The van der Waals surface area contributed by atoms with Gasteiger partial charge in [0, 0.05) is 6.42 Å². The zero-order valence-corrected chi connectivity index (χ0v) is 20.0. The molecule has 0 N–H and O–H groups in total. The molecule has 0 spiro atoms. The van der Waals surface area contributed by atoms with Gasteiger partial charge in [0.2, 0.25) is 5.91 Å². The lowest BCUT2D eigenvalue weighted by atomic mass is 9.33. The molecule has 2 aromatic rings. The van der Waals surface area contributed by atoms with E-state index in [0.717, 1.165) is 57.1 Å². The third-order valence-corrected chi connectivity index (χ3v) is 8.17. The fourth-order valence-electron chi connectivity index (χ4n) is 6.63. The average molecular weight is 479 g/mol. The Balaban J connectivity index is 1.03. The number of benzene rings is 2. The van der Waals surface area contributed by atoms with Crippen LogP contribution in [0.5, 0.6) is 5.75 Å². The molecule has 0 aromatic heterocycles. The van der Waals surface area contributed by atoms with Crippen LogP contribution in [0.1, 0.15) is 75.0 Å². The summed E-state index contributed by atoms with van der Waals surface area (Å²) in [6.45, 7) is 0.771. The molecule has 2 atom stereocenters. The highest BCUT2D eigenvalue weighted by atomic mass is 19.1. The molecule has 2 aromatic carbocycles. The average Bonchev–Trinajstić information content (AvgIpc) is 3.20. The Kier molecular flexibility index (Phi) is 6.53. The number of amides is 1. The highest BCUT2D eigenvalue weighted by molar-refractivity contribution is 5.87. The minimum Gasteiger partial charge on any atom is -0.494 e. The monoisotopic (exact) mass is 478 g/mol. The molecular weight excluding hydrogens is 446 g/mol. The molecule has 3 saturated carbocycles. The standard InChI is InChI=1S/C29H32F2N2O2/c30-23-9-6-8-22(14-23)26-15-24(31)17-33(26)27(34)29-18-28(19-29,20-29)11-3-1-2-4-12-35-25-10-5-7-21(13-25)16-32/h5-10,13-14,24,26H,1-4,11-12,15,17-20H2. The summed E-state index contributed by atoms with van der Waals surface area (Å²) >= 11 is 0. The Morgan fingerprint density at radius 3 is 2.63 bits per heavy atom. The predicted molar refractivity (Wildman–Crippen MR) is 129 cm³/mol. The number of alkyl halides is 1. The van der Waals surface area contributed by atoms with Gasteiger partial charge in [-0.25, -0.2) is 8.78 Å². The molecular formula is C29H32F2N2O2. The molecule has 4 aliphatic rings. The Labute approximate surface area is 205 Å². The first-order chi connectivity index (χ1) is 16.9. The number of hydrogen-bond donors (Lipinski definition) is 0. The van der Waals surface area contributed by atoms with Crippen molar-refractivity contribution < 1.29 is 18.3 Å². The van der Waals surface area contributed by atoms with Gasteiger partial charge in [-0.05, 0) is 73.4 Å². The van der Waals surface area contributed by atoms with E-state index in [1.54, 1.807) is 29.2 Å². The number of halogens is 2. The van der Waals surface area contributed by atoms with E-state index in [2.05, 4.69) is 6.07 Å². The molecule has 35 heavy (non-hydrogen) atoms. The number of ether oxygens (including phenoxy) is 1. The topological polar surface area (TPSA) is 53.3 Å². The lowest BCUT2D eigenvalue weighted by Gasteiger charge is -2.70. The quantitative estimate of drug-likeness (QED) is 0.366. The maximum atomic E-state index is 14.3. The highest BCUT2D eigenvalue weighted by Crippen LogP contribution is 2.76. The second-order valence-corrected chi connectivity index (χ2v) is 10.8. The second-order valence-electron chi connectivity index (χ2n) is 10.8. The van der Waals surface area contributed by atoms with Gasteiger partial charge in [-0.2, -0.15) is 5.26 Å². The Morgan fingerprint density at radius 1 is 1.09 bits per heavy atom. The second kappa shape index (κ2) is 9.60. The molecule has 6 rings (SSSR count). The largest absolute Gasteiger partial charge is 0.494 e. The normalized spacial score (nSPS) is 28.7. The fourth-order valence-corrected chi connectivity index (χ4v) is 6.63. The number of nitrogens with zero attached hydrogens (tertiary/aromatic N) is 2. The van der Waals surface area contributed by atoms with Gasteiger partial charge in [-0.15, -0.1) is 0 Å². The number of unbranched alkanes of at least 4 members (excludes halogenated alkanes) is 3. The van der Waals surface area contributed by atoms with Crippen molar-refractivity contribution in [3.63, 3.8) is 0 Å². The van der Waals surface area contributed by atoms with Crippen LogP contribution in [-0.4, -0.2) is 30.1 Å². The van der Waals surface area contributed by atoms with Crippen LogP contribution in [0.25, 0.3) is 0 Å². The van der Waals surface area contributed by atoms with Gasteiger partial charge in [-0.1, -0.05) is 37.5 Å². The van der Waals surface area contributed by atoms with Gasteiger partial charge in [-0.3, -0.25) is 4.79 Å². The van der Waals surface area contributed by atoms with Crippen molar-refractivity contribution in [3.05, 3.63) is 65.5 Å². The highest BCUT2D eigenvalue weighted by Gasteiger charge is 2.71. The van der Waals surface area contributed by atoms with Gasteiger partial charge in [0.15, 0.2) is 0 Å². The van der Waals surface area contributed by atoms with Gasteiger partial charge in [0.1, 0.15) is 17.7 Å². The molecule has 1 amide bonds. The molecule has 3 aliphatic carbocycles. The third-order valence-electron chi connectivity index (χ3n) is 8.17. The summed E-state index contributed by atoms with van der Waals surface area (Å²) in [6, 6.07) is 15.2. The predicted octanol–water partition coefficient (Wildman–Crippen LogP) is 6.51. The summed E-state index contributed by atoms with van der Waals surface area (Å²) in [4.78, 5) is 15.1. The van der Waals surface area contributed by atoms with E-state index < -0.39 is 6.17 Å². The number of carbonyl (C=O) groups is 1. The first-order valence-corrected chi connectivity index (χ1v) is 12.8. The molecule has 2 unspecified atom stereocenters. The van der Waals surface area contributed by atoms with Crippen molar-refractivity contribution in [1.82, 2.24) is 4.90 Å². The molecule has 1 saturated heterocycles. The van der Waals surface area contributed by atoms with E-state index in [4.69, 9.17) is 10.00 Å². The molecule has 1 aliphatic heterocycles. The van der Waals surface area contributed by atoms with E-state index in [-0.39, 0.29) is 36.1 Å². The van der Waals surface area contributed by atoms with Crippen LogP contribution in [0.4, 0.5) is 8.78 Å². The Hall–Kier alpha value is -2.94. The van der Waals surface area contributed by atoms with Crippen LogP contribution in [0.3, 0.4) is 0 Å². The van der Waals surface area contributed by atoms with E-state index in [1.807, 2.05) is 12.1 Å². The lowest BCUT2D eigenvalue weighted by molar-refractivity contribution is -0.220. The van der Waals surface area contributed by atoms with Crippen LogP contribution in [0.15, 0.2) is 48.5 Å². The van der Waals surface area contributed by atoms with Crippen molar-refractivity contribution in [1.29, 1.82) is 5.26 Å². The Bertz CT molecular complexity index is 1110. The van der Waals surface area contributed by atoms with Crippen molar-refractivity contribution >= 4 is 5.91 Å². The van der Waals surface area contributed by atoms with E-state index >= 15 is 0 Å². The first-order valence-electron chi connectivity index (χ1n) is 12.8. The minimum absolute atomic E-state index is 0.0754. The Morgan fingerprint density at radius 2 is 1.86 bits per heavy atom. The van der Waals surface area contributed by atoms with Crippen molar-refractivity contribution in [2.24, 2.45) is 10.8 Å². The minimum atomic E-state index is -1.05. The van der Waals surface area contributed by atoms with Crippen LogP contribution in [-0.2, 0) is 4.79 Å². The van der Waals surface area contributed by atoms with Crippen LogP contribution >= 0.6 is 0 Å². The van der Waals surface area contributed by atoms with Gasteiger partial charge < -0.3 is 9.64 Å². The summed E-state index contributed by atoms with van der Waals surface area (Å²) in [7, 11) is 0. The number of hydrogen-bond acceptors (Lipinski definition) is 3. The van der Waals surface area contributed by atoms with Crippen LogP contribution < -0.4 is 4.74 Å². The SMILES string of the molecule is N#Cc1cccc(OCCCCCCC23CC(C(=O)N4CC(F)CC4c4cccc(F)c4)(C2)C3)c1. The molecule has 184 valence electrons. The van der Waals surface area contributed by atoms with Crippen molar-refractivity contribution in [3.8, 4) is 11.8 Å². The number of nitriles is 1. The van der Waals surface area contributed by atoms with Crippen molar-refractivity contribution in [2.75, 3.05) is 13.2 Å².